The molecule has 0 aromatic heterocycles. The summed E-state index contributed by atoms with van der Waals surface area (Å²) in [4.78, 5) is 42.0. The van der Waals surface area contributed by atoms with Gasteiger partial charge in [-0.25, -0.2) is 0 Å². The van der Waals surface area contributed by atoms with Crippen molar-refractivity contribution in [1.29, 1.82) is 0 Å². The molecule has 1 aliphatic carbocycles. The van der Waals surface area contributed by atoms with E-state index in [1.165, 1.54) is 11.3 Å². The van der Waals surface area contributed by atoms with Crippen LogP contribution in [-0.2, 0) is 9.59 Å². The van der Waals surface area contributed by atoms with Crippen LogP contribution < -0.4 is 10.2 Å². The van der Waals surface area contributed by atoms with Gasteiger partial charge in [-0.15, -0.1) is 0 Å². The predicted molar refractivity (Wildman–Crippen MR) is 102 cm³/mol. The van der Waals surface area contributed by atoms with E-state index in [1.807, 2.05) is 6.07 Å². The SMILES string of the molecule is C[C@H]1CCCC[C@H]1NC(=O)CN1C(=O)[C@@H]2CCCN2C(=O)c2ccccc21. The second-order valence-electron chi connectivity index (χ2n) is 8.03. The first-order valence-electron chi connectivity index (χ1n) is 10.1. The van der Waals surface area contributed by atoms with E-state index in [2.05, 4.69) is 12.2 Å². The fraction of sp³-hybridized carbons (Fsp3) is 0.571. The molecule has 2 aliphatic heterocycles. The number of amides is 3. The highest BCUT2D eigenvalue weighted by molar-refractivity contribution is 6.12. The number of para-hydroxylation sites is 1. The van der Waals surface area contributed by atoms with Gasteiger partial charge in [-0.05, 0) is 43.7 Å². The van der Waals surface area contributed by atoms with Crippen molar-refractivity contribution in [3.63, 3.8) is 0 Å². The average molecular weight is 369 g/mol. The zero-order valence-electron chi connectivity index (χ0n) is 15.8. The monoisotopic (exact) mass is 369 g/mol. The lowest BCUT2D eigenvalue weighted by Crippen LogP contribution is -2.50. The van der Waals surface area contributed by atoms with Crippen LogP contribution in [0.4, 0.5) is 5.69 Å². The first kappa shape index (κ1) is 18.0. The molecule has 0 spiro atoms. The van der Waals surface area contributed by atoms with Crippen LogP contribution in [0.25, 0.3) is 0 Å². The Labute approximate surface area is 159 Å². The molecule has 1 saturated carbocycles. The van der Waals surface area contributed by atoms with Crippen LogP contribution >= 0.6 is 0 Å². The summed E-state index contributed by atoms with van der Waals surface area (Å²) in [6, 6.07) is 6.85. The van der Waals surface area contributed by atoms with E-state index in [0.717, 1.165) is 25.7 Å². The minimum atomic E-state index is -0.452. The molecule has 3 atom stereocenters. The molecular weight excluding hydrogens is 342 g/mol. The van der Waals surface area contributed by atoms with Crippen LogP contribution in [0.5, 0.6) is 0 Å². The van der Waals surface area contributed by atoms with Crippen molar-refractivity contribution >= 4 is 23.4 Å². The van der Waals surface area contributed by atoms with Crippen molar-refractivity contribution in [1.82, 2.24) is 10.2 Å². The Morgan fingerprint density at radius 1 is 1.11 bits per heavy atom. The Hall–Kier alpha value is -2.37. The van der Waals surface area contributed by atoms with Crippen LogP contribution in [0.2, 0.25) is 0 Å². The van der Waals surface area contributed by atoms with Crippen molar-refractivity contribution in [3.05, 3.63) is 29.8 Å². The number of carbonyl (C=O) groups is 3. The third-order valence-electron chi connectivity index (χ3n) is 6.25. The molecule has 3 amide bonds. The number of nitrogens with zero attached hydrogens (tertiary/aromatic N) is 2. The van der Waals surface area contributed by atoms with Gasteiger partial charge in [0.2, 0.25) is 11.8 Å². The number of hydrogen-bond acceptors (Lipinski definition) is 3. The van der Waals surface area contributed by atoms with E-state index in [0.29, 0.717) is 30.1 Å². The highest BCUT2D eigenvalue weighted by atomic mass is 16.2. The summed E-state index contributed by atoms with van der Waals surface area (Å²) in [5, 5.41) is 3.13. The second-order valence-corrected chi connectivity index (χ2v) is 8.03. The minimum absolute atomic E-state index is 0.0311. The van der Waals surface area contributed by atoms with Gasteiger partial charge >= 0.3 is 0 Å². The van der Waals surface area contributed by atoms with Gasteiger partial charge in [0.05, 0.1) is 11.3 Å². The normalized spacial score (nSPS) is 27.8. The maximum atomic E-state index is 13.2. The predicted octanol–water partition coefficient (Wildman–Crippen LogP) is 2.33. The van der Waals surface area contributed by atoms with E-state index in [4.69, 9.17) is 0 Å². The van der Waals surface area contributed by atoms with E-state index in [9.17, 15) is 14.4 Å². The molecule has 1 N–H and O–H groups in total. The first-order valence-corrected chi connectivity index (χ1v) is 10.1. The van der Waals surface area contributed by atoms with Crippen molar-refractivity contribution in [2.24, 2.45) is 5.92 Å². The second kappa shape index (κ2) is 7.33. The van der Waals surface area contributed by atoms with Gasteiger partial charge in [0.1, 0.15) is 12.6 Å². The number of hydrogen-bond donors (Lipinski definition) is 1. The summed E-state index contributed by atoms with van der Waals surface area (Å²) in [6.45, 7) is 2.74. The molecule has 0 bridgehead atoms. The summed E-state index contributed by atoms with van der Waals surface area (Å²) in [6.07, 6.45) is 5.95. The molecule has 144 valence electrons. The van der Waals surface area contributed by atoms with Crippen LogP contribution in [-0.4, -0.2) is 47.8 Å². The molecule has 2 heterocycles. The largest absolute Gasteiger partial charge is 0.352 e. The van der Waals surface area contributed by atoms with Gasteiger partial charge in [0.15, 0.2) is 0 Å². The van der Waals surface area contributed by atoms with E-state index < -0.39 is 6.04 Å². The molecular formula is C21H27N3O3. The number of nitrogens with one attached hydrogen (secondary N) is 1. The fourth-order valence-corrected chi connectivity index (χ4v) is 4.70. The molecule has 27 heavy (non-hydrogen) atoms. The first-order chi connectivity index (χ1) is 13.1. The van der Waals surface area contributed by atoms with Gasteiger partial charge in [0.25, 0.3) is 5.91 Å². The Bertz CT molecular complexity index is 763. The smallest absolute Gasteiger partial charge is 0.256 e. The molecule has 3 aliphatic rings. The van der Waals surface area contributed by atoms with Crippen LogP contribution in [0.3, 0.4) is 0 Å². The Balaban J connectivity index is 1.58. The summed E-state index contributed by atoms with van der Waals surface area (Å²) >= 11 is 0. The van der Waals surface area contributed by atoms with Gasteiger partial charge in [-0.1, -0.05) is 31.9 Å². The van der Waals surface area contributed by atoms with Gasteiger partial charge in [-0.3, -0.25) is 14.4 Å². The minimum Gasteiger partial charge on any atom is -0.352 e. The summed E-state index contributed by atoms with van der Waals surface area (Å²) in [5.74, 6) is 0.0698. The lowest BCUT2D eigenvalue weighted by atomic mass is 9.86. The van der Waals surface area contributed by atoms with Crippen molar-refractivity contribution in [2.75, 3.05) is 18.0 Å². The van der Waals surface area contributed by atoms with Crippen molar-refractivity contribution in [3.8, 4) is 0 Å². The lowest BCUT2D eigenvalue weighted by molar-refractivity contribution is -0.126. The highest BCUT2D eigenvalue weighted by Gasteiger charge is 2.42. The molecule has 1 aromatic carbocycles. The highest BCUT2D eigenvalue weighted by Crippen LogP contribution is 2.32. The quantitative estimate of drug-likeness (QED) is 0.889. The Kier molecular flexibility index (Phi) is 4.89. The molecule has 6 heteroatoms. The van der Waals surface area contributed by atoms with Crippen LogP contribution in [0.15, 0.2) is 24.3 Å². The third kappa shape index (κ3) is 3.33. The molecule has 4 rings (SSSR count). The molecule has 0 unspecified atom stereocenters. The van der Waals surface area contributed by atoms with E-state index >= 15 is 0 Å². The zero-order valence-corrected chi connectivity index (χ0v) is 15.8. The molecule has 6 nitrogen and oxygen atoms in total. The maximum absolute atomic E-state index is 13.2. The van der Waals surface area contributed by atoms with Crippen LogP contribution in [0, 0.1) is 5.92 Å². The van der Waals surface area contributed by atoms with E-state index in [1.54, 1.807) is 23.1 Å². The summed E-state index contributed by atoms with van der Waals surface area (Å²) in [5.41, 5.74) is 1.06. The maximum Gasteiger partial charge on any atom is 0.256 e. The van der Waals surface area contributed by atoms with Crippen LogP contribution in [0.1, 0.15) is 55.8 Å². The zero-order chi connectivity index (χ0) is 19.0. The topological polar surface area (TPSA) is 69.7 Å². The fourth-order valence-electron chi connectivity index (χ4n) is 4.70. The number of anilines is 1. The van der Waals surface area contributed by atoms with Gasteiger partial charge in [-0.2, -0.15) is 0 Å². The van der Waals surface area contributed by atoms with Crippen molar-refractivity contribution in [2.45, 2.75) is 57.5 Å². The Morgan fingerprint density at radius 3 is 2.70 bits per heavy atom. The standard InChI is InChI=1S/C21H27N3O3/c1-14-7-2-4-9-16(14)22-19(25)13-24-17-10-5-3-8-15(17)20(26)23-12-6-11-18(23)21(24)27/h3,5,8,10,14,16,18H,2,4,6-7,9,11-13H2,1H3,(H,22,25)/t14-,16+,18-/m0/s1. The van der Waals surface area contributed by atoms with E-state index in [-0.39, 0.29) is 30.3 Å². The average Bonchev–Trinajstić information content (AvgIpc) is 3.14. The van der Waals surface area contributed by atoms with Gasteiger partial charge in [0, 0.05) is 12.6 Å². The number of fused-ring (bicyclic) bond motifs is 2. The summed E-state index contributed by atoms with van der Waals surface area (Å²) < 4.78 is 0. The molecule has 1 saturated heterocycles. The number of rotatable bonds is 3. The molecule has 1 aromatic rings. The molecule has 2 fully saturated rings. The van der Waals surface area contributed by atoms with Gasteiger partial charge < -0.3 is 15.1 Å². The Morgan fingerprint density at radius 2 is 1.89 bits per heavy atom. The lowest BCUT2D eigenvalue weighted by Gasteiger charge is -2.31. The molecule has 0 radical (unpaired) electrons. The number of benzene rings is 1. The third-order valence-corrected chi connectivity index (χ3v) is 6.25. The number of carbonyl (C=O) groups excluding carboxylic acids is 3. The van der Waals surface area contributed by atoms with Crippen molar-refractivity contribution < 1.29 is 14.4 Å². The summed E-state index contributed by atoms with van der Waals surface area (Å²) in [7, 11) is 0.